The van der Waals surface area contributed by atoms with Crippen molar-refractivity contribution in [3.05, 3.63) is 0 Å². The van der Waals surface area contributed by atoms with Crippen LogP contribution in [0.4, 0.5) is 0 Å². The highest BCUT2D eigenvalue weighted by Gasteiger charge is 2.69. The number of fused-ring (bicyclic) bond motifs is 2. The van der Waals surface area contributed by atoms with Crippen molar-refractivity contribution in [1.29, 1.82) is 0 Å². The minimum atomic E-state index is -0.739. The zero-order valence-electron chi connectivity index (χ0n) is 12.8. The summed E-state index contributed by atoms with van der Waals surface area (Å²) in [6.45, 7) is 4.61. The average molecular weight is 298 g/mol. The Hall–Kier alpha value is -0.240. The zero-order valence-corrected chi connectivity index (χ0v) is 12.8. The Labute approximate surface area is 125 Å². The van der Waals surface area contributed by atoms with Crippen molar-refractivity contribution >= 4 is 0 Å². The maximum atomic E-state index is 6.43. The van der Waals surface area contributed by atoms with Gasteiger partial charge in [-0.3, -0.25) is 0 Å². The van der Waals surface area contributed by atoms with Crippen LogP contribution in [0.15, 0.2) is 0 Å². The van der Waals surface area contributed by atoms with Crippen LogP contribution in [0.25, 0.3) is 0 Å². The Bertz CT molecular complexity index is 436. The van der Waals surface area contributed by atoms with Gasteiger partial charge in [0, 0.05) is 30.8 Å². The molecule has 6 heteroatoms. The molecule has 1 aliphatic carbocycles. The van der Waals surface area contributed by atoms with E-state index in [0.29, 0.717) is 18.4 Å². The van der Waals surface area contributed by atoms with E-state index in [1.54, 1.807) is 0 Å². The van der Waals surface area contributed by atoms with Crippen LogP contribution in [0, 0.1) is 17.8 Å². The smallest absolute Gasteiger partial charge is 0.201 e. The van der Waals surface area contributed by atoms with Gasteiger partial charge in [0.15, 0.2) is 11.9 Å². The van der Waals surface area contributed by atoms with Crippen LogP contribution >= 0.6 is 0 Å². The Morgan fingerprint density at radius 1 is 1.14 bits per heavy atom. The summed E-state index contributed by atoms with van der Waals surface area (Å²) < 4.78 is 12.4. The third-order valence-corrected chi connectivity index (χ3v) is 6.24. The van der Waals surface area contributed by atoms with E-state index in [0.717, 1.165) is 25.7 Å². The molecule has 0 aromatic rings. The van der Waals surface area contributed by atoms with Crippen LogP contribution in [0.5, 0.6) is 0 Å². The van der Waals surface area contributed by atoms with Gasteiger partial charge in [-0.25, -0.2) is 9.78 Å². The molecular formula is C15H26N2O4. The Morgan fingerprint density at radius 3 is 2.71 bits per heavy atom. The quantitative estimate of drug-likeness (QED) is 0.699. The van der Waals surface area contributed by atoms with E-state index in [1.165, 1.54) is 0 Å². The predicted molar refractivity (Wildman–Crippen MR) is 74.7 cm³/mol. The van der Waals surface area contributed by atoms with E-state index in [2.05, 4.69) is 6.92 Å². The number of nitrogens with two attached hydrogens (primary N) is 2. The van der Waals surface area contributed by atoms with Gasteiger partial charge in [0.05, 0.1) is 6.10 Å². The summed E-state index contributed by atoms with van der Waals surface area (Å²) in [6.07, 6.45) is 3.34. The van der Waals surface area contributed by atoms with Crippen LogP contribution in [0.3, 0.4) is 0 Å². The normalized spacial score (nSPS) is 59.4. The molecule has 0 aromatic carbocycles. The number of hydrogen-bond acceptors (Lipinski definition) is 6. The van der Waals surface area contributed by atoms with Crippen molar-refractivity contribution in [1.82, 2.24) is 0 Å². The second-order valence-electron chi connectivity index (χ2n) is 7.37. The van der Waals surface area contributed by atoms with Crippen molar-refractivity contribution in [2.24, 2.45) is 29.2 Å². The fraction of sp³-hybridized carbons (Fsp3) is 1.00. The summed E-state index contributed by atoms with van der Waals surface area (Å²) >= 11 is 0. The summed E-state index contributed by atoms with van der Waals surface area (Å²) in [5.74, 6) is 0.108. The molecule has 0 radical (unpaired) electrons. The van der Waals surface area contributed by atoms with Gasteiger partial charge in [-0.1, -0.05) is 6.92 Å². The lowest BCUT2D eigenvalue weighted by Crippen LogP contribution is -2.72. The maximum absolute atomic E-state index is 6.43. The minimum absolute atomic E-state index is 0.00662. The molecule has 1 unspecified atom stereocenters. The Balaban J connectivity index is 1.79. The zero-order chi connectivity index (χ0) is 14.8. The Kier molecular flexibility index (Phi) is 3.17. The molecule has 1 saturated carbocycles. The first kappa shape index (κ1) is 14.4. The second-order valence-corrected chi connectivity index (χ2v) is 7.37. The molecular weight excluding hydrogens is 272 g/mol. The molecule has 4 saturated heterocycles. The molecule has 5 fully saturated rings. The summed E-state index contributed by atoms with van der Waals surface area (Å²) in [5.41, 5.74) is 11.8. The van der Waals surface area contributed by atoms with Crippen molar-refractivity contribution in [3.8, 4) is 0 Å². The molecule has 4 aliphatic heterocycles. The molecule has 4 heterocycles. The molecule has 0 amide bonds. The third kappa shape index (κ3) is 1.81. The second kappa shape index (κ2) is 4.63. The van der Waals surface area contributed by atoms with Gasteiger partial charge in [-0.2, -0.15) is 0 Å². The molecule has 8 atom stereocenters. The van der Waals surface area contributed by atoms with Crippen molar-refractivity contribution in [3.63, 3.8) is 0 Å². The van der Waals surface area contributed by atoms with Gasteiger partial charge in [-0.15, -0.1) is 0 Å². The van der Waals surface area contributed by atoms with Crippen molar-refractivity contribution < 1.29 is 19.2 Å². The monoisotopic (exact) mass is 298 g/mol. The lowest BCUT2D eigenvalue weighted by atomic mass is 9.59. The van der Waals surface area contributed by atoms with Crippen molar-refractivity contribution in [2.75, 3.05) is 6.54 Å². The molecule has 2 bridgehead atoms. The lowest BCUT2D eigenvalue weighted by Gasteiger charge is -2.60. The van der Waals surface area contributed by atoms with Gasteiger partial charge in [0.25, 0.3) is 0 Å². The molecule has 1 spiro atoms. The van der Waals surface area contributed by atoms with E-state index >= 15 is 0 Å². The highest BCUT2D eigenvalue weighted by atomic mass is 17.3. The van der Waals surface area contributed by atoms with Gasteiger partial charge in [0.2, 0.25) is 5.79 Å². The lowest BCUT2D eigenvalue weighted by molar-refractivity contribution is -0.569. The standard InChI is InChI=1S/C15H26N2O4/c1-8-9-3-4-11(17)10-5-6-14(2)19-13(18-12(8)7-16)15(9,10)21-20-14/h8-13H,3-7,16-17H2,1-2H3/t8-,9+,10+,11-,12+,13-,14?,15+/m1/s1. The number of rotatable bonds is 1. The SMILES string of the molecule is C[C@H]1[C@H](CN)O[C@@H]2OC3(C)CC[C@H]4[C@H](N)CC[C@@H]1[C@@]24OO3. The molecule has 5 aliphatic rings. The highest BCUT2D eigenvalue weighted by Crippen LogP contribution is 2.58. The van der Waals surface area contributed by atoms with Crippen LogP contribution in [0.2, 0.25) is 0 Å². The summed E-state index contributed by atoms with van der Waals surface area (Å²) in [7, 11) is 0. The third-order valence-electron chi connectivity index (χ3n) is 6.24. The van der Waals surface area contributed by atoms with Crippen LogP contribution < -0.4 is 11.5 Å². The minimum Gasteiger partial charge on any atom is -0.345 e. The molecule has 4 N–H and O–H groups in total. The predicted octanol–water partition coefficient (Wildman–Crippen LogP) is 0.887. The van der Waals surface area contributed by atoms with E-state index in [9.17, 15) is 0 Å². The van der Waals surface area contributed by atoms with Crippen LogP contribution in [0.1, 0.15) is 39.5 Å². The summed E-state index contributed by atoms with van der Waals surface area (Å²) in [4.78, 5) is 11.7. The Morgan fingerprint density at radius 2 is 1.95 bits per heavy atom. The molecule has 6 nitrogen and oxygen atoms in total. The molecule has 5 rings (SSSR count). The van der Waals surface area contributed by atoms with Crippen molar-refractivity contribution in [2.45, 2.75) is 69.4 Å². The number of hydrogen-bond donors (Lipinski definition) is 2. The van der Waals surface area contributed by atoms with Gasteiger partial charge in [-0.05, 0) is 32.1 Å². The van der Waals surface area contributed by atoms with E-state index in [4.69, 9.17) is 30.7 Å². The summed E-state index contributed by atoms with van der Waals surface area (Å²) in [6, 6.07) is 0.113. The molecule has 21 heavy (non-hydrogen) atoms. The fourth-order valence-corrected chi connectivity index (χ4v) is 5.00. The van der Waals surface area contributed by atoms with E-state index in [-0.39, 0.29) is 18.1 Å². The molecule has 120 valence electrons. The maximum Gasteiger partial charge on any atom is 0.201 e. The summed E-state index contributed by atoms with van der Waals surface area (Å²) in [5, 5.41) is 0. The van der Waals surface area contributed by atoms with Gasteiger partial charge < -0.3 is 20.9 Å². The van der Waals surface area contributed by atoms with Gasteiger partial charge in [0.1, 0.15) is 0 Å². The highest BCUT2D eigenvalue weighted by molar-refractivity contribution is 5.11. The van der Waals surface area contributed by atoms with E-state index in [1.807, 2.05) is 6.92 Å². The first-order chi connectivity index (χ1) is 10.00. The largest absolute Gasteiger partial charge is 0.345 e. The fourth-order valence-electron chi connectivity index (χ4n) is 5.00. The average Bonchev–Trinajstić information content (AvgIpc) is 2.69. The number of ether oxygens (including phenoxy) is 2. The van der Waals surface area contributed by atoms with Gasteiger partial charge >= 0.3 is 0 Å². The molecule has 0 aromatic heterocycles. The van der Waals surface area contributed by atoms with Crippen LogP contribution in [-0.4, -0.2) is 36.4 Å². The van der Waals surface area contributed by atoms with Crippen LogP contribution in [-0.2, 0) is 19.2 Å². The first-order valence-corrected chi connectivity index (χ1v) is 8.16. The van der Waals surface area contributed by atoms with E-state index < -0.39 is 17.7 Å². The topological polar surface area (TPSA) is 89.0 Å². The first-order valence-electron chi connectivity index (χ1n) is 8.16.